The number of aromatic nitrogens is 1. The molecule has 1 aromatic heterocycles. The van der Waals surface area contributed by atoms with Crippen LogP contribution in [0.3, 0.4) is 0 Å². The van der Waals surface area contributed by atoms with Crippen LogP contribution < -0.4 is 5.73 Å². The summed E-state index contributed by atoms with van der Waals surface area (Å²) in [6.07, 6.45) is -2.13. The number of pyridine rings is 1. The van der Waals surface area contributed by atoms with Crippen LogP contribution in [0.25, 0.3) is 0 Å². The van der Waals surface area contributed by atoms with Crippen molar-refractivity contribution in [3.8, 4) is 0 Å². The largest absolute Gasteiger partial charge is 0.416 e. The van der Waals surface area contributed by atoms with Gasteiger partial charge in [-0.3, -0.25) is 4.98 Å². The zero-order valence-electron chi connectivity index (χ0n) is 10.3. The second kappa shape index (κ2) is 5.01. The highest BCUT2D eigenvalue weighted by Crippen LogP contribution is 2.35. The molecule has 0 aliphatic rings. The Morgan fingerprint density at radius 3 is 2.42 bits per heavy atom. The molecule has 0 radical (unpaired) electrons. The fourth-order valence-electron chi connectivity index (χ4n) is 2.02. The fraction of sp³-hybridized carbons (Fsp3) is 0.214. The van der Waals surface area contributed by atoms with Crippen LogP contribution in [0.2, 0.25) is 0 Å². The maximum Gasteiger partial charge on any atom is 0.416 e. The van der Waals surface area contributed by atoms with E-state index < -0.39 is 17.8 Å². The minimum absolute atomic E-state index is 0.00991. The van der Waals surface area contributed by atoms with Crippen molar-refractivity contribution >= 4 is 0 Å². The molecule has 100 valence electrons. The van der Waals surface area contributed by atoms with Gasteiger partial charge in [-0.1, -0.05) is 24.3 Å². The third-order valence-corrected chi connectivity index (χ3v) is 3.02. The van der Waals surface area contributed by atoms with Crippen molar-refractivity contribution in [2.45, 2.75) is 19.1 Å². The summed E-state index contributed by atoms with van der Waals surface area (Å²) in [7, 11) is 0. The zero-order chi connectivity index (χ0) is 14.0. The molecule has 0 aliphatic heterocycles. The van der Waals surface area contributed by atoms with E-state index in [2.05, 4.69) is 4.98 Å². The van der Waals surface area contributed by atoms with Crippen molar-refractivity contribution < 1.29 is 13.2 Å². The molecule has 1 aromatic carbocycles. The van der Waals surface area contributed by atoms with Gasteiger partial charge < -0.3 is 5.73 Å². The van der Waals surface area contributed by atoms with Gasteiger partial charge in [0, 0.05) is 18.0 Å². The summed E-state index contributed by atoms with van der Waals surface area (Å²) < 4.78 is 38.8. The van der Waals surface area contributed by atoms with Crippen LogP contribution in [0.4, 0.5) is 13.2 Å². The van der Waals surface area contributed by atoms with Gasteiger partial charge >= 0.3 is 6.18 Å². The lowest BCUT2D eigenvalue weighted by atomic mass is 9.94. The maximum atomic E-state index is 12.9. The molecule has 2 nitrogen and oxygen atoms in total. The van der Waals surface area contributed by atoms with Crippen molar-refractivity contribution in [3.63, 3.8) is 0 Å². The predicted molar refractivity (Wildman–Crippen MR) is 66.4 cm³/mol. The number of halogens is 3. The van der Waals surface area contributed by atoms with E-state index in [0.717, 1.165) is 17.8 Å². The molecule has 1 unspecified atom stereocenters. The molecule has 0 saturated carbocycles. The highest BCUT2D eigenvalue weighted by atomic mass is 19.4. The van der Waals surface area contributed by atoms with Crippen LogP contribution in [0.5, 0.6) is 0 Å². The molecule has 1 heterocycles. The first-order chi connectivity index (χ1) is 8.91. The normalized spacial score (nSPS) is 13.3. The Morgan fingerprint density at radius 1 is 1.11 bits per heavy atom. The number of hydrogen-bond acceptors (Lipinski definition) is 2. The van der Waals surface area contributed by atoms with Crippen LogP contribution >= 0.6 is 0 Å². The first-order valence-corrected chi connectivity index (χ1v) is 5.73. The van der Waals surface area contributed by atoms with Gasteiger partial charge in [0.05, 0.1) is 11.6 Å². The van der Waals surface area contributed by atoms with E-state index in [1.54, 1.807) is 12.1 Å². The Bertz CT molecular complexity index is 579. The summed E-state index contributed by atoms with van der Waals surface area (Å²) in [6, 6.07) is 7.23. The zero-order valence-corrected chi connectivity index (χ0v) is 10.3. The van der Waals surface area contributed by atoms with Crippen LogP contribution in [0, 0.1) is 6.92 Å². The van der Waals surface area contributed by atoms with Crippen LogP contribution in [0.1, 0.15) is 28.3 Å². The molecule has 0 aliphatic carbocycles. The monoisotopic (exact) mass is 266 g/mol. The third-order valence-electron chi connectivity index (χ3n) is 3.02. The number of rotatable bonds is 2. The van der Waals surface area contributed by atoms with Gasteiger partial charge in [0.25, 0.3) is 0 Å². The lowest BCUT2D eigenvalue weighted by molar-refractivity contribution is -0.138. The molecule has 0 spiro atoms. The second-order valence-electron chi connectivity index (χ2n) is 4.29. The molecule has 2 aromatic rings. The maximum absolute atomic E-state index is 12.9. The summed E-state index contributed by atoms with van der Waals surface area (Å²) >= 11 is 0. The SMILES string of the molecule is Cc1ccccc1C(N)c1cnccc1C(F)(F)F. The fourth-order valence-corrected chi connectivity index (χ4v) is 2.02. The highest BCUT2D eigenvalue weighted by molar-refractivity contribution is 5.39. The quantitative estimate of drug-likeness (QED) is 0.904. The van der Waals surface area contributed by atoms with Crippen molar-refractivity contribution in [2.24, 2.45) is 5.73 Å². The van der Waals surface area contributed by atoms with Crippen LogP contribution in [0.15, 0.2) is 42.7 Å². The van der Waals surface area contributed by atoms with E-state index in [0.29, 0.717) is 5.56 Å². The van der Waals surface area contributed by atoms with Gasteiger partial charge in [0.15, 0.2) is 0 Å². The van der Waals surface area contributed by atoms with Gasteiger partial charge in [-0.15, -0.1) is 0 Å². The van der Waals surface area contributed by atoms with Crippen LogP contribution in [-0.4, -0.2) is 4.98 Å². The van der Waals surface area contributed by atoms with E-state index in [4.69, 9.17) is 5.73 Å². The van der Waals surface area contributed by atoms with Crippen LogP contribution in [-0.2, 0) is 6.18 Å². The summed E-state index contributed by atoms with van der Waals surface area (Å²) in [5, 5.41) is 0. The van der Waals surface area contributed by atoms with Gasteiger partial charge in [-0.25, -0.2) is 0 Å². The molecular weight excluding hydrogens is 253 g/mol. The molecule has 5 heteroatoms. The lowest BCUT2D eigenvalue weighted by Crippen LogP contribution is -2.19. The molecule has 0 amide bonds. The molecule has 2 N–H and O–H groups in total. The number of hydrogen-bond donors (Lipinski definition) is 1. The standard InChI is InChI=1S/C14H13F3N2/c1-9-4-2-3-5-10(9)13(18)11-8-19-7-6-12(11)14(15,16)17/h2-8,13H,18H2,1H3. The molecule has 2 rings (SSSR count). The summed E-state index contributed by atoms with van der Waals surface area (Å²) in [5.41, 5.74) is 6.75. The molecule has 0 fully saturated rings. The summed E-state index contributed by atoms with van der Waals surface area (Å²) in [6.45, 7) is 1.82. The number of nitrogens with two attached hydrogens (primary N) is 1. The van der Waals surface area contributed by atoms with Gasteiger partial charge in [0.1, 0.15) is 0 Å². The molecule has 1 atom stereocenters. The highest BCUT2D eigenvalue weighted by Gasteiger charge is 2.35. The van der Waals surface area contributed by atoms with E-state index in [9.17, 15) is 13.2 Å². The first-order valence-electron chi connectivity index (χ1n) is 5.73. The Balaban J connectivity index is 2.51. The van der Waals surface area contributed by atoms with Gasteiger partial charge in [-0.05, 0) is 24.1 Å². The van der Waals surface area contributed by atoms with Gasteiger partial charge in [0.2, 0.25) is 0 Å². The summed E-state index contributed by atoms with van der Waals surface area (Å²) in [5.74, 6) is 0. The number of nitrogens with zero attached hydrogens (tertiary/aromatic N) is 1. The van der Waals surface area contributed by atoms with Crippen molar-refractivity contribution in [2.75, 3.05) is 0 Å². The Morgan fingerprint density at radius 2 is 1.79 bits per heavy atom. The Hall–Kier alpha value is -1.88. The summed E-state index contributed by atoms with van der Waals surface area (Å²) in [4.78, 5) is 3.76. The Kier molecular flexibility index (Phi) is 3.57. The number of aryl methyl sites for hydroxylation is 1. The minimum Gasteiger partial charge on any atom is -0.320 e. The number of alkyl halides is 3. The average Bonchev–Trinajstić information content (AvgIpc) is 2.37. The second-order valence-corrected chi connectivity index (χ2v) is 4.29. The minimum atomic E-state index is -4.43. The number of benzene rings is 1. The molecule has 0 saturated heterocycles. The average molecular weight is 266 g/mol. The third kappa shape index (κ3) is 2.76. The molecule has 19 heavy (non-hydrogen) atoms. The molecular formula is C14H13F3N2. The van der Waals surface area contributed by atoms with E-state index in [1.165, 1.54) is 6.20 Å². The molecule has 0 bridgehead atoms. The predicted octanol–water partition coefficient (Wildman–Crippen LogP) is 3.46. The first kappa shape index (κ1) is 13.5. The van der Waals surface area contributed by atoms with E-state index >= 15 is 0 Å². The smallest absolute Gasteiger partial charge is 0.320 e. The topological polar surface area (TPSA) is 38.9 Å². The Labute approximate surface area is 109 Å². The van der Waals surface area contributed by atoms with E-state index in [1.807, 2.05) is 19.1 Å². The van der Waals surface area contributed by atoms with E-state index in [-0.39, 0.29) is 5.56 Å². The van der Waals surface area contributed by atoms with Crippen molar-refractivity contribution in [3.05, 3.63) is 65.0 Å². The van der Waals surface area contributed by atoms with Crippen molar-refractivity contribution in [1.29, 1.82) is 0 Å². The van der Waals surface area contributed by atoms with Crippen molar-refractivity contribution in [1.82, 2.24) is 4.98 Å². The van der Waals surface area contributed by atoms with Gasteiger partial charge in [-0.2, -0.15) is 13.2 Å². The lowest BCUT2D eigenvalue weighted by Gasteiger charge is -2.19.